The van der Waals surface area contributed by atoms with Crippen molar-refractivity contribution in [3.05, 3.63) is 36.4 Å². The first-order valence-corrected chi connectivity index (χ1v) is 14.1. The van der Waals surface area contributed by atoms with Crippen molar-refractivity contribution in [2.24, 2.45) is 5.92 Å². The Balaban J connectivity index is 2.06. The van der Waals surface area contributed by atoms with E-state index in [0.29, 0.717) is 18.8 Å². The Hall–Kier alpha value is -3.15. The van der Waals surface area contributed by atoms with Gasteiger partial charge in [0.15, 0.2) is 0 Å². The van der Waals surface area contributed by atoms with Crippen molar-refractivity contribution in [2.45, 2.75) is 26.6 Å². The third-order valence-electron chi connectivity index (χ3n) is 5.47. The summed E-state index contributed by atoms with van der Waals surface area (Å²) in [6.07, 6.45) is 0. The van der Waals surface area contributed by atoms with Gasteiger partial charge < -0.3 is 15.4 Å². The standard InChI is InChI=1S/C24H30N4O3Si/c1-16(29)26-20-10-11-21(32(3,4)5)24(23(20)18-6-8-19(31-2)9-7-18)27-22(30)15-28-13-17(12-25)14-28/h6-11,17H,13-15H2,1-5H3,(H,26,29)(H,27,30). The molecule has 1 saturated heterocycles. The van der Waals surface area contributed by atoms with Gasteiger partial charge in [0.05, 0.1) is 39.4 Å². The Morgan fingerprint density at radius 1 is 1.12 bits per heavy atom. The van der Waals surface area contributed by atoms with Gasteiger partial charge in [-0.3, -0.25) is 14.5 Å². The molecule has 0 unspecified atom stereocenters. The number of carbonyl (C=O) groups excluding carboxylic acids is 2. The lowest BCUT2D eigenvalue weighted by Crippen LogP contribution is -2.49. The van der Waals surface area contributed by atoms with Gasteiger partial charge in [0, 0.05) is 31.3 Å². The molecule has 0 saturated carbocycles. The Kier molecular flexibility index (Phi) is 7.01. The fourth-order valence-electron chi connectivity index (χ4n) is 3.87. The zero-order chi connectivity index (χ0) is 23.5. The first-order valence-electron chi connectivity index (χ1n) is 10.6. The van der Waals surface area contributed by atoms with Crippen LogP contribution in [-0.2, 0) is 9.59 Å². The molecule has 7 nitrogen and oxygen atoms in total. The third-order valence-corrected chi connectivity index (χ3v) is 7.51. The number of methoxy groups -OCH3 is 1. The highest BCUT2D eigenvalue weighted by atomic mass is 28.3. The molecule has 0 radical (unpaired) electrons. The van der Waals surface area contributed by atoms with Gasteiger partial charge in [0.1, 0.15) is 5.75 Å². The van der Waals surface area contributed by atoms with Crippen LogP contribution in [-0.4, -0.2) is 51.5 Å². The highest BCUT2D eigenvalue weighted by Gasteiger charge is 2.30. The van der Waals surface area contributed by atoms with Gasteiger partial charge in [-0.1, -0.05) is 37.8 Å². The fraction of sp³-hybridized carbons (Fsp3) is 0.375. The second-order valence-corrected chi connectivity index (χ2v) is 14.2. The number of nitriles is 1. The lowest BCUT2D eigenvalue weighted by molar-refractivity contribution is -0.118. The summed E-state index contributed by atoms with van der Waals surface area (Å²) in [7, 11) is -0.237. The first-order chi connectivity index (χ1) is 15.1. The van der Waals surface area contributed by atoms with Crippen LogP contribution in [0.3, 0.4) is 0 Å². The van der Waals surface area contributed by atoms with Gasteiger partial charge in [0.25, 0.3) is 0 Å². The minimum Gasteiger partial charge on any atom is -0.497 e. The van der Waals surface area contributed by atoms with E-state index in [1.165, 1.54) is 6.92 Å². The summed E-state index contributed by atoms with van der Waals surface area (Å²) < 4.78 is 5.29. The lowest BCUT2D eigenvalue weighted by atomic mass is 10.00. The predicted molar refractivity (Wildman–Crippen MR) is 130 cm³/mol. The summed E-state index contributed by atoms with van der Waals surface area (Å²) in [4.78, 5) is 26.9. The van der Waals surface area contributed by atoms with Crippen LogP contribution in [0.5, 0.6) is 5.75 Å². The quantitative estimate of drug-likeness (QED) is 0.632. The van der Waals surface area contributed by atoms with E-state index < -0.39 is 8.07 Å². The molecule has 2 N–H and O–H groups in total. The van der Waals surface area contributed by atoms with Crippen LogP contribution >= 0.6 is 0 Å². The molecular weight excluding hydrogens is 420 g/mol. The second kappa shape index (κ2) is 9.55. The van der Waals surface area contributed by atoms with Gasteiger partial charge in [-0.15, -0.1) is 0 Å². The van der Waals surface area contributed by atoms with Crippen molar-refractivity contribution < 1.29 is 14.3 Å². The number of hydrogen-bond donors (Lipinski definition) is 2. The maximum atomic E-state index is 13.0. The zero-order valence-corrected chi connectivity index (χ0v) is 20.3. The highest BCUT2D eigenvalue weighted by Crippen LogP contribution is 2.36. The Bertz CT molecular complexity index is 1050. The van der Waals surface area contributed by atoms with E-state index in [-0.39, 0.29) is 24.3 Å². The molecule has 0 aliphatic carbocycles. The molecule has 0 spiro atoms. The fourth-order valence-corrected chi connectivity index (χ4v) is 5.39. The molecule has 2 amide bonds. The van der Waals surface area contributed by atoms with Crippen LogP contribution in [0.2, 0.25) is 19.6 Å². The molecule has 0 bridgehead atoms. The van der Waals surface area contributed by atoms with Crippen molar-refractivity contribution in [3.8, 4) is 22.9 Å². The van der Waals surface area contributed by atoms with Gasteiger partial charge in [-0.2, -0.15) is 5.26 Å². The Morgan fingerprint density at radius 3 is 2.31 bits per heavy atom. The van der Waals surface area contributed by atoms with Crippen LogP contribution in [0, 0.1) is 17.2 Å². The monoisotopic (exact) mass is 450 g/mol. The maximum absolute atomic E-state index is 13.0. The van der Waals surface area contributed by atoms with Crippen molar-refractivity contribution in [1.29, 1.82) is 5.26 Å². The first kappa shape index (κ1) is 23.5. The molecule has 0 aromatic heterocycles. The van der Waals surface area contributed by atoms with Crippen LogP contribution in [0.15, 0.2) is 36.4 Å². The summed E-state index contributed by atoms with van der Waals surface area (Å²) in [5, 5.41) is 16.2. The minimum absolute atomic E-state index is 0.00158. The number of likely N-dealkylation sites (tertiary alicyclic amines) is 1. The lowest BCUT2D eigenvalue weighted by Gasteiger charge is -2.34. The molecule has 2 aromatic rings. The molecule has 1 heterocycles. The molecular formula is C24H30N4O3Si. The number of nitrogens with zero attached hydrogens (tertiary/aromatic N) is 2. The summed E-state index contributed by atoms with van der Waals surface area (Å²) >= 11 is 0. The normalized spacial score (nSPS) is 14.2. The SMILES string of the molecule is COc1ccc(-c2c(NC(C)=O)ccc([Si](C)(C)C)c2NC(=O)CN2CC(C#N)C2)cc1. The number of ether oxygens (including phenoxy) is 1. The number of anilines is 2. The van der Waals surface area contributed by atoms with E-state index in [1.807, 2.05) is 41.3 Å². The number of benzene rings is 2. The Morgan fingerprint density at radius 2 is 1.78 bits per heavy atom. The van der Waals surface area contributed by atoms with Crippen LogP contribution in [0.4, 0.5) is 11.4 Å². The molecule has 1 aliphatic rings. The predicted octanol–water partition coefficient (Wildman–Crippen LogP) is 3.26. The van der Waals surface area contributed by atoms with E-state index in [9.17, 15) is 9.59 Å². The second-order valence-electron chi connectivity index (χ2n) is 9.14. The topological polar surface area (TPSA) is 94.5 Å². The van der Waals surface area contributed by atoms with Crippen molar-refractivity contribution in [3.63, 3.8) is 0 Å². The number of carbonyl (C=O) groups is 2. The van der Waals surface area contributed by atoms with Gasteiger partial charge in [0.2, 0.25) is 11.8 Å². The van der Waals surface area contributed by atoms with E-state index in [4.69, 9.17) is 10.00 Å². The van der Waals surface area contributed by atoms with Gasteiger partial charge in [-0.25, -0.2) is 0 Å². The molecule has 32 heavy (non-hydrogen) atoms. The molecule has 2 aromatic carbocycles. The summed E-state index contributed by atoms with van der Waals surface area (Å²) in [6, 6.07) is 13.7. The van der Waals surface area contributed by atoms with E-state index >= 15 is 0 Å². The molecule has 8 heteroatoms. The van der Waals surface area contributed by atoms with E-state index in [2.05, 4.69) is 36.3 Å². The molecule has 0 atom stereocenters. The highest BCUT2D eigenvalue weighted by molar-refractivity contribution is 6.90. The number of hydrogen-bond acceptors (Lipinski definition) is 5. The number of amides is 2. The third kappa shape index (κ3) is 5.36. The average molecular weight is 451 g/mol. The summed E-state index contributed by atoms with van der Waals surface area (Å²) in [6.45, 7) is 9.60. The van der Waals surface area contributed by atoms with Crippen LogP contribution in [0.25, 0.3) is 11.1 Å². The molecule has 168 valence electrons. The maximum Gasteiger partial charge on any atom is 0.238 e. The van der Waals surface area contributed by atoms with E-state index in [1.54, 1.807) is 7.11 Å². The molecule has 1 aliphatic heterocycles. The number of nitrogens with one attached hydrogen (secondary N) is 2. The summed E-state index contributed by atoms with van der Waals surface area (Å²) in [5.41, 5.74) is 3.05. The summed E-state index contributed by atoms with van der Waals surface area (Å²) in [5.74, 6) is 0.418. The van der Waals surface area contributed by atoms with Gasteiger partial charge in [-0.05, 0) is 28.9 Å². The van der Waals surface area contributed by atoms with Crippen LogP contribution < -0.4 is 20.6 Å². The largest absolute Gasteiger partial charge is 0.497 e. The van der Waals surface area contributed by atoms with E-state index in [0.717, 1.165) is 27.8 Å². The molecule has 1 fully saturated rings. The average Bonchev–Trinajstić information content (AvgIpc) is 2.69. The number of rotatable bonds is 7. The molecule has 3 rings (SSSR count). The van der Waals surface area contributed by atoms with Crippen molar-refractivity contribution in [2.75, 3.05) is 37.4 Å². The van der Waals surface area contributed by atoms with Crippen molar-refractivity contribution >= 4 is 36.4 Å². The van der Waals surface area contributed by atoms with Crippen LogP contribution in [0.1, 0.15) is 6.92 Å². The Labute approximate surface area is 190 Å². The van der Waals surface area contributed by atoms with Crippen molar-refractivity contribution in [1.82, 2.24) is 4.90 Å². The smallest absolute Gasteiger partial charge is 0.238 e. The minimum atomic E-state index is -1.85. The van der Waals surface area contributed by atoms with Gasteiger partial charge >= 0.3 is 0 Å². The zero-order valence-electron chi connectivity index (χ0n) is 19.3.